The topological polar surface area (TPSA) is 91.2 Å². The van der Waals surface area contributed by atoms with Gasteiger partial charge in [0.1, 0.15) is 5.82 Å². The van der Waals surface area contributed by atoms with Crippen LogP contribution in [0, 0.1) is 0 Å². The SMILES string of the molecule is NC1CCCC(N/C(=C\C2CCCCN2)Nc2ccc(C(=O)NCCc3ccc(Cl)cc3Cl)cc2)C1. The van der Waals surface area contributed by atoms with Crippen molar-refractivity contribution >= 4 is 34.8 Å². The molecule has 2 aliphatic rings. The van der Waals surface area contributed by atoms with Gasteiger partial charge in [0.25, 0.3) is 5.91 Å². The van der Waals surface area contributed by atoms with Gasteiger partial charge >= 0.3 is 0 Å². The van der Waals surface area contributed by atoms with Crippen LogP contribution in [0.2, 0.25) is 10.0 Å². The highest BCUT2D eigenvalue weighted by Crippen LogP contribution is 2.22. The zero-order valence-electron chi connectivity index (χ0n) is 20.7. The Labute approximate surface area is 224 Å². The first kappa shape index (κ1) is 26.8. The minimum atomic E-state index is -0.108. The van der Waals surface area contributed by atoms with Gasteiger partial charge in [-0.05, 0) is 99.5 Å². The Morgan fingerprint density at radius 1 is 1.06 bits per heavy atom. The molecule has 1 aliphatic heterocycles. The van der Waals surface area contributed by atoms with Crippen LogP contribution in [-0.4, -0.2) is 37.1 Å². The minimum absolute atomic E-state index is 0.108. The summed E-state index contributed by atoms with van der Waals surface area (Å²) in [5, 5.41) is 15.0. The number of halogens is 2. The molecular formula is C28H37Cl2N5O. The van der Waals surface area contributed by atoms with E-state index >= 15 is 0 Å². The third kappa shape index (κ3) is 8.13. The van der Waals surface area contributed by atoms with E-state index < -0.39 is 0 Å². The summed E-state index contributed by atoms with van der Waals surface area (Å²) in [5.74, 6) is 0.897. The lowest BCUT2D eigenvalue weighted by Crippen LogP contribution is -2.41. The van der Waals surface area contributed by atoms with Crippen molar-refractivity contribution in [3.63, 3.8) is 0 Å². The third-order valence-electron chi connectivity index (χ3n) is 6.91. The molecule has 2 fully saturated rings. The van der Waals surface area contributed by atoms with E-state index in [2.05, 4.69) is 27.3 Å². The molecule has 1 aliphatic carbocycles. The zero-order valence-corrected chi connectivity index (χ0v) is 22.2. The Morgan fingerprint density at radius 2 is 1.89 bits per heavy atom. The fourth-order valence-corrected chi connectivity index (χ4v) is 5.43. The summed E-state index contributed by atoms with van der Waals surface area (Å²) in [4.78, 5) is 12.6. The molecule has 2 aromatic carbocycles. The van der Waals surface area contributed by atoms with Gasteiger partial charge in [-0.2, -0.15) is 0 Å². The van der Waals surface area contributed by atoms with Crippen molar-refractivity contribution in [3.8, 4) is 0 Å². The number of nitrogens with one attached hydrogen (secondary N) is 4. The summed E-state index contributed by atoms with van der Waals surface area (Å²) in [6.45, 7) is 1.55. The van der Waals surface area contributed by atoms with E-state index in [9.17, 15) is 4.79 Å². The molecule has 0 bridgehead atoms. The lowest BCUT2D eigenvalue weighted by atomic mass is 9.91. The van der Waals surface area contributed by atoms with E-state index in [1.807, 2.05) is 30.3 Å². The fourth-order valence-electron chi connectivity index (χ4n) is 4.92. The predicted octanol–water partition coefficient (Wildman–Crippen LogP) is 5.22. The second kappa shape index (κ2) is 13.3. The Balaban J connectivity index is 1.34. The molecule has 1 amide bonds. The van der Waals surface area contributed by atoms with Crippen LogP contribution in [0.4, 0.5) is 5.69 Å². The molecule has 0 radical (unpaired) electrons. The number of amides is 1. The van der Waals surface area contributed by atoms with Crippen molar-refractivity contribution in [2.24, 2.45) is 5.73 Å². The lowest BCUT2D eigenvalue weighted by Gasteiger charge is -2.30. The van der Waals surface area contributed by atoms with Crippen LogP contribution < -0.4 is 27.0 Å². The summed E-state index contributed by atoms with van der Waals surface area (Å²) in [6, 6.07) is 14.0. The number of carbonyl (C=O) groups excluding carboxylic acids is 1. The largest absolute Gasteiger partial charge is 0.369 e. The lowest BCUT2D eigenvalue weighted by molar-refractivity contribution is 0.0954. The molecule has 2 aromatic rings. The summed E-state index contributed by atoms with van der Waals surface area (Å²) in [7, 11) is 0. The van der Waals surface area contributed by atoms with Gasteiger partial charge in [-0.15, -0.1) is 0 Å². The first-order valence-corrected chi connectivity index (χ1v) is 13.8. The van der Waals surface area contributed by atoms with E-state index in [4.69, 9.17) is 28.9 Å². The molecule has 8 heteroatoms. The number of hydrogen-bond acceptors (Lipinski definition) is 5. The van der Waals surface area contributed by atoms with E-state index in [1.54, 1.807) is 12.1 Å². The molecule has 4 rings (SSSR count). The Morgan fingerprint density at radius 3 is 2.61 bits per heavy atom. The quantitative estimate of drug-likeness (QED) is 0.307. The number of rotatable bonds is 9. The van der Waals surface area contributed by atoms with E-state index in [1.165, 1.54) is 12.8 Å². The molecule has 194 valence electrons. The van der Waals surface area contributed by atoms with E-state index in [-0.39, 0.29) is 11.9 Å². The summed E-state index contributed by atoms with van der Waals surface area (Å²) < 4.78 is 0. The molecule has 1 heterocycles. The van der Waals surface area contributed by atoms with Crippen LogP contribution in [0.5, 0.6) is 0 Å². The molecule has 0 aromatic heterocycles. The van der Waals surface area contributed by atoms with Gasteiger partial charge in [-0.3, -0.25) is 4.79 Å². The predicted molar refractivity (Wildman–Crippen MR) is 150 cm³/mol. The average molecular weight is 531 g/mol. The first-order valence-electron chi connectivity index (χ1n) is 13.0. The highest BCUT2D eigenvalue weighted by atomic mass is 35.5. The van der Waals surface area contributed by atoms with Gasteiger partial charge in [-0.25, -0.2) is 0 Å². The highest BCUT2D eigenvalue weighted by molar-refractivity contribution is 6.35. The maximum Gasteiger partial charge on any atom is 0.251 e. The van der Waals surface area contributed by atoms with Gasteiger partial charge in [0.05, 0.1) is 0 Å². The maximum absolute atomic E-state index is 12.6. The molecular weight excluding hydrogens is 493 g/mol. The van der Waals surface area contributed by atoms with Crippen LogP contribution in [0.1, 0.15) is 60.9 Å². The van der Waals surface area contributed by atoms with Gasteiger partial charge in [0.15, 0.2) is 0 Å². The molecule has 3 unspecified atom stereocenters. The monoisotopic (exact) mass is 529 g/mol. The second-order valence-electron chi connectivity index (χ2n) is 9.85. The van der Waals surface area contributed by atoms with Crippen molar-refractivity contribution in [2.45, 2.75) is 69.5 Å². The number of piperidine rings is 1. The van der Waals surface area contributed by atoms with Crippen molar-refractivity contribution in [3.05, 3.63) is 75.5 Å². The highest BCUT2D eigenvalue weighted by Gasteiger charge is 2.20. The molecule has 0 spiro atoms. The van der Waals surface area contributed by atoms with Gasteiger partial charge in [0.2, 0.25) is 0 Å². The third-order valence-corrected chi connectivity index (χ3v) is 7.50. The van der Waals surface area contributed by atoms with Gasteiger partial charge in [0, 0.05) is 46.0 Å². The molecule has 6 N–H and O–H groups in total. The number of benzene rings is 2. The van der Waals surface area contributed by atoms with Crippen molar-refractivity contribution in [1.29, 1.82) is 0 Å². The molecule has 1 saturated heterocycles. The standard InChI is InChI=1S/C28H37Cl2N5O/c29-21-10-7-19(26(30)16-21)13-15-33-28(36)20-8-11-23(12-9-20)34-27(18-24-5-1-2-14-32-24)35-25-6-3-4-22(31)17-25/h7-12,16,18,22,24-25,32,34-35H,1-6,13-15,17,31H2,(H,33,36)/b27-18-. The van der Waals surface area contributed by atoms with Crippen molar-refractivity contribution < 1.29 is 4.79 Å². The molecule has 1 saturated carbocycles. The fraction of sp³-hybridized carbons (Fsp3) is 0.464. The minimum Gasteiger partial charge on any atom is -0.369 e. The second-order valence-corrected chi connectivity index (χ2v) is 10.7. The van der Waals surface area contributed by atoms with Crippen LogP contribution in [-0.2, 0) is 6.42 Å². The normalized spacial score (nSPS) is 22.6. The Kier molecular flexibility index (Phi) is 9.93. The summed E-state index contributed by atoms with van der Waals surface area (Å²) in [6.07, 6.45) is 10.9. The van der Waals surface area contributed by atoms with Crippen LogP contribution in [0.25, 0.3) is 0 Å². The average Bonchev–Trinajstić information content (AvgIpc) is 2.86. The first-order chi connectivity index (χ1) is 17.5. The van der Waals surface area contributed by atoms with Crippen molar-refractivity contribution in [1.82, 2.24) is 16.0 Å². The molecule has 6 nitrogen and oxygen atoms in total. The Hall–Kier alpha value is -2.25. The Bertz CT molecular complexity index is 1040. The van der Waals surface area contributed by atoms with Crippen LogP contribution in [0.3, 0.4) is 0 Å². The molecule has 36 heavy (non-hydrogen) atoms. The number of carbonyl (C=O) groups is 1. The summed E-state index contributed by atoms with van der Waals surface area (Å²) >= 11 is 12.2. The summed E-state index contributed by atoms with van der Waals surface area (Å²) in [5.41, 5.74) is 8.74. The molecule has 3 atom stereocenters. The number of hydrogen-bond donors (Lipinski definition) is 5. The number of nitrogens with two attached hydrogens (primary N) is 1. The van der Waals surface area contributed by atoms with Gasteiger partial charge < -0.3 is 27.0 Å². The smallest absolute Gasteiger partial charge is 0.251 e. The van der Waals surface area contributed by atoms with Gasteiger partial charge in [-0.1, -0.05) is 35.7 Å². The zero-order chi connectivity index (χ0) is 25.3. The van der Waals surface area contributed by atoms with E-state index in [0.717, 1.165) is 55.7 Å². The van der Waals surface area contributed by atoms with Crippen molar-refractivity contribution in [2.75, 3.05) is 18.4 Å². The maximum atomic E-state index is 12.6. The van der Waals surface area contributed by atoms with Crippen LogP contribution >= 0.6 is 23.2 Å². The number of anilines is 1. The van der Waals surface area contributed by atoms with Crippen LogP contribution in [0.15, 0.2) is 54.4 Å². The van der Waals surface area contributed by atoms with E-state index in [0.29, 0.717) is 40.7 Å².